The lowest BCUT2D eigenvalue weighted by molar-refractivity contribution is 0.102. The predicted molar refractivity (Wildman–Crippen MR) is 128 cm³/mol. The van der Waals surface area contributed by atoms with Crippen LogP contribution >= 0.6 is 23.4 Å². The molecule has 0 aliphatic rings. The summed E-state index contributed by atoms with van der Waals surface area (Å²) in [7, 11) is 1.65. The Morgan fingerprint density at radius 2 is 1.66 bits per heavy atom. The van der Waals surface area contributed by atoms with E-state index >= 15 is 0 Å². The van der Waals surface area contributed by atoms with Crippen molar-refractivity contribution >= 4 is 29.1 Å². The number of methoxy groups -OCH3 is 1. The van der Waals surface area contributed by atoms with Crippen molar-refractivity contribution < 1.29 is 9.53 Å². The maximum Gasteiger partial charge on any atom is 0.191 e. The highest BCUT2D eigenvalue weighted by atomic mass is 35.5. The van der Waals surface area contributed by atoms with E-state index in [1.54, 1.807) is 31.4 Å². The average molecular weight is 464 g/mol. The number of Topliss-reactive ketones (excluding diaryl/α,β-unsaturated/α-hetero) is 1. The van der Waals surface area contributed by atoms with Crippen LogP contribution in [0.3, 0.4) is 0 Å². The minimum Gasteiger partial charge on any atom is -0.497 e. The second-order valence-electron chi connectivity index (χ2n) is 7.21. The summed E-state index contributed by atoms with van der Waals surface area (Å²) in [6.45, 7) is 0.636. The number of carbonyl (C=O) groups is 1. The standard InChI is InChI=1S/C25H22ClN3O2S/c1-31-22-13-7-18(8-14-22)15-24-27-28-25(29(24)16-19-5-3-2-4-6-19)32-17-23(30)20-9-11-21(26)12-10-20/h2-14H,15-17H2,1H3. The summed E-state index contributed by atoms with van der Waals surface area (Å²) in [5.41, 5.74) is 2.89. The number of hydrogen-bond donors (Lipinski definition) is 0. The van der Waals surface area contributed by atoms with E-state index in [1.807, 2.05) is 42.5 Å². The van der Waals surface area contributed by atoms with Gasteiger partial charge in [-0.2, -0.15) is 0 Å². The van der Waals surface area contributed by atoms with Crippen LogP contribution in [0.25, 0.3) is 0 Å². The number of halogens is 1. The molecule has 0 saturated heterocycles. The van der Waals surface area contributed by atoms with Gasteiger partial charge in [-0.25, -0.2) is 0 Å². The molecule has 0 aliphatic carbocycles. The molecule has 0 atom stereocenters. The number of thioether (sulfide) groups is 1. The summed E-state index contributed by atoms with van der Waals surface area (Å²) < 4.78 is 7.33. The molecule has 0 saturated carbocycles. The van der Waals surface area contributed by atoms with Gasteiger partial charge in [0.25, 0.3) is 0 Å². The van der Waals surface area contributed by atoms with E-state index in [4.69, 9.17) is 16.3 Å². The van der Waals surface area contributed by atoms with Gasteiger partial charge in [-0.15, -0.1) is 10.2 Å². The zero-order valence-electron chi connectivity index (χ0n) is 17.6. The Labute approximate surface area is 196 Å². The topological polar surface area (TPSA) is 57.0 Å². The van der Waals surface area contributed by atoms with Crippen LogP contribution in [-0.4, -0.2) is 33.4 Å². The van der Waals surface area contributed by atoms with Crippen LogP contribution in [-0.2, 0) is 13.0 Å². The van der Waals surface area contributed by atoms with Gasteiger partial charge in [0.1, 0.15) is 11.6 Å². The molecule has 5 nitrogen and oxygen atoms in total. The minimum absolute atomic E-state index is 0.0256. The van der Waals surface area contributed by atoms with E-state index in [0.717, 1.165) is 27.9 Å². The molecule has 0 amide bonds. The number of benzene rings is 3. The molecule has 4 aromatic rings. The van der Waals surface area contributed by atoms with Crippen molar-refractivity contribution in [3.63, 3.8) is 0 Å². The number of nitrogens with zero attached hydrogens (tertiary/aromatic N) is 3. The van der Waals surface area contributed by atoms with Crippen LogP contribution in [0.4, 0.5) is 0 Å². The molecule has 0 spiro atoms. The molecule has 0 radical (unpaired) electrons. The summed E-state index contributed by atoms with van der Waals surface area (Å²) in [4.78, 5) is 12.6. The van der Waals surface area contributed by atoms with Crippen LogP contribution in [0.2, 0.25) is 5.02 Å². The fourth-order valence-corrected chi connectivity index (χ4v) is 4.23. The summed E-state index contributed by atoms with van der Waals surface area (Å²) in [5, 5.41) is 10.2. The maximum atomic E-state index is 12.6. The van der Waals surface area contributed by atoms with E-state index in [9.17, 15) is 4.79 Å². The van der Waals surface area contributed by atoms with Crippen molar-refractivity contribution in [1.82, 2.24) is 14.8 Å². The fraction of sp³-hybridized carbons (Fsp3) is 0.160. The highest BCUT2D eigenvalue weighted by Crippen LogP contribution is 2.23. The highest BCUT2D eigenvalue weighted by Gasteiger charge is 2.16. The lowest BCUT2D eigenvalue weighted by atomic mass is 10.1. The summed E-state index contributed by atoms with van der Waals surface area (Å²) >= 11 is 7.33. The van der Waals surface area contributed by atoms with Gasteiger partial charge in [-0.3, -0.25) is 4.79 Å². The molecule has 162 valence electrons. The third-order valence-corrected chi connectivity index (χ3v) is 6.22. The Hall–Kier alpha value is -3.09. The Balaban J connectivity index is 1.55. The number of aromatic nitrogens is 3. The number of carbonyl (C=O) groups excluding carboxylic acids is 1. The van der Waals surface area contributed by atoms with Crippen molar-refractivity contribution in [1.29, 1.82) is 0 Å². The van der Waals surface area contributed by atoms with Gasteiger partial charge in [0, 0.05) is 17.0 Å². The van der Waals surface area contributed by atoms with Crippen molar-refractivity contribution in [2.45, 2.75) is 18.1 Å². The van der Waals surface area contributed by atoms with E-state index in [-0.39, 0.29) is 11.5 Å². The molecule has 1 aromatic heterocycles. The SMILES string of the molecule is COc1ccc(Cc2nnc(SCC(=O)c3ccc(Cl)cc3)n2Cc2ccccc2)cc1. The Morgan fingerprint density at radius 1 is 0.938 bits per heavy atom. The molecule has 0 N–H and O–H groups in total. The summed E-state index contributed by atoms with van der Waals surface area (Å²) in [5.74, 6) is 1.96. The van der Waals surface area contributed by atoms with Crippen molar-refractivity contribution in [3.05, 3.63) is 106 Å². The first-order valence-corrected chi connectivity index (χ1v) is 11.5. The average Bonchev–Trinajstić information content (AvgIpc) is 3.20. The van der Waals surface area contributed by atoms with Gasteiger partial charge in [-0.05, 0) is 47.5 Å². The molecule has 4 rings (SSSR count). The van der Waals surface area contributed by atoms with Gasteiger partial charge in [0.05, 0.1) is 19.4 Å². The number of ether oxygens (including phenoxy) is 1. The monoisotopic (exact) mass is 463 g/mol. The van der Waals surface area contributed by atoms with Crippen molar-refractivity contribution in [2.24, 2.45) is 0 Å². The van der Waals surface area contributed by atoms with Crippen LogP contribution in [0.15, 0.2) is 84.0 Å². The van der Waals surface area contributed by atoms with E-state index in [1.165, 1.54) is 11.8 Å². The smallest absolute Gasteiger partial charge is 0.191 e. The third-order valence-electron chi connectivity index (χ3n) is 5.00. The van der Waals surface area contributed by atoms with E-state index < -0.39 is 0 Å². The van der Waals surface area contributed by atoms with Gasteiger partial charge in [-0.1, -0.05) is 65.8 Å². The molecule has 32 heavy (non-hydrogen) atoms. The molecule has 1 heterocycles. The van der Waals surface area contributed by atoms with Crippen molar-refractivity contribution in [3.8, 4) is 5.75 Å². The highest BCUT2D eigenvalue weighted by molar-refractivity contribution is 7.99. The lowest BCUT2D eigenvalue weighted by Gasteiger charge is -2.11. The van der Waals surface area contributed by atoms with Gasteiger partial charge >= 0.3 is 0 Å². The summed E-state index contributed by atoms with van der Waals surface area (Å²) in [6, 6.07) is 25.0. The molecule has 7 heteroatoms. The van der Waals surface area contributed by atoms with Crippen LogP contribution < -0.4 is 4.74 Å². The zero-order valence-corrected chi connectivity index (χ0v) is 19.1. The molecular weight excluding hydrogens is 442 g/mol. The summed E-state index contributed by atoms with van der Waals surface area (Å²) in [6.07, 6.45) is 0.634. The van der Waals surface area contributed by atoms with Crippen LogP contribution in [0, 0.1) is 0 Å². The fourth-order valence-electron chi connectivity index (χ4n) is 3.26. The lowest BCUT2D eigenvalue weighted by Crippen LogP contribution is -2.09. The molecule has 0 bridgehead atoms. The minimum atomic E-state index is 0.0256. The second-order valence-corrected chi connectivity index (χ2v) is 8.59. The number of hydrogen-bond acceptors (Lipinski definition) is 5. The van der Waals surface area contributed by atoms with Gasteiger partial charge in [0.2, 0.25) is 0 Å². The maximum absolute atomic E-state index is 12.6. The van der Waals surface area contributed by atoms with E-state index in [2.05, 4.69) is 26.9 Å². The first kappa shape index (κ1) is 22.1. The molecule has 0 aliphatic heterocycles. The number of rotatable bonds is 9. The largest absolute Gasteiger partial charge is 0.497 e. The van der Waals surface area contributed by atoms with E-state index in [0.29, 0.717) is 23.6 Å². The normalized spacial score (nSPS) is 10.8. The van der Waals surface area contributed by atoms with Crippen molar-refractivity contribution in [2.75, 3.05) is 12.9 Å². The molecule has 0 unspecified atom stereocenters. The van der Waals surface area contributed by atoms with Gasteiger partial charge < -0.3 is 9.30 Å². The second kappa shape index (κ2) is 10.5. The molecular formula is C25H22ClN3O2S. The molecule has 0 fully saturated rings. The Morgan fingerprint density at radius 3 is 2.34 bits per heavy atom. The third kappa shape index (κ3) is 5.58. The predicted octanol–water partition coefficient (Wildman–Crippen LogP) is 5.55. The Kier molecular flexibility index (Phi) is 7.24. The first-order chi connectivity index (χ1) is 15.6. The van der Waals surface area contributed by atoms with Gasteiger partial charge in [0.15, 0.2) is 10.9 Å². The quantitative estimate of drug-likeness (QED) is 0.240. The Bertz CT molecular complexity index is 1180. The number of ketones is 1. The first-order valence-electron chi connectivity index (χ1n) is 10.1. The van der Waals surface area contributed by atoms with Crippen LogP contribution in [0.5, 0.6) is 5.75 Å². The zero-order chi connectivity index (χ0) is 22.3. The molecule has 3 aromatic carbocycles. The van der Waals surface area contributed by atoms with Crippen LogP contribution in [0.1, 0.15) is 27.3 Å².